The lowest BCUT2D eigenvalue weighted by molar-refractivity contribution is -0.119. The van der Waals surface area contributed by atoms with E-state index in [2.05, 4.69) is 11.9 Å². The minimum atomic E-state index is -1.18. The monoisotopic (exact) mass is 171 g/mol. The van der Waals surface area contributed by atoms with Crippen molar-refractivity contribution in [1.82, 2.24) is 5.32 Å². The highest BCUT2D eigenvalue weighted by molar-refractivity contribution is 5.88. The highest BCUT2D eigenvalue weighted by Gasteiger charge is 2.13. The van der Waals surface area contributed by atoms with Crippen molar-refractivity contribution in [1.29, 1.82) is 0 Å². The molecule has 68 valence electrons. The van der Waals surface area contributed by atoms with Crippen LogP contribution in [0.15, 0.2) is 12.2 Å². The van der Waals surface area contributed by atoms with Gasteiger partial charge in [-0.3, -0.25) is 4.79 Å². The molecule has 0 aromatic heterocycles. The van der Waals surface area contributed by atoms with E-state index < -0.39 is 12.1 Å². The summed E-state index contributed by atoms with van der Waals surface area (Å²) in [5, 5.41) is 10.4. The molecule has 12 heavy (non-hydrogen) atoms. The number of ketones is 1. The molecular weight excluding hydrogens is 158 g/mol. The van der Waals surface area contributed by atoms with E-state index in [1.807, 2.05) is 0 Å². The average Bonchev–Trinajstić information content (AvgIpc) is 1.84. The summed E-state index contributed by atoms with van der Waals surface area (Å²) in [4.78, 5) is 21.2. The second-order valence-electron chi connectivity index (χ2n) is 2.77. The lowest BCUT2D eigenvalue weighted by Gasteiger charge is -2.09. The molecule has 0 bridgehead atoms. The Kier molecular flexibility index (Phi) is 4.04. The fourth-order valence-electron chi connectivity index (χ4n) is 0.716. The van der Waals surface area contributed by atoms with Gasteiger partial charge in [0.25, 0.3) is 0 Å². The number of carbonyl (C=O) groups excluding carboxylic acids is 1. The summed E-state index contributed by atoms with van der Waals surface area (Å²) in [6.07, 6.45) is -0.959. The van der Waals surface area contributed by atoms with Crippen molar-refractivity contribution in [3.8, 4) is 0 Å². The Morgan fingerprint density at radius 2 is 2.08 bits per heavy atom. The molecule has 4 nitrogen and oxygen atoms in total. The fraction of sp³-hybridized carbons (Fsp3) is 0.500. The average molecular weight is 171 g/mol. The molecule has 0 aliphatic rings. The maximum Gasteiger partial charge on any atom is 0.405 e. The first-order valence-corrected chi connectivity index (χ1v) is 3.60. The normalized spacial score (nSPS) is 11.8. The van der Waals surface area contributed by atoms with Crippen LogP contribution in [-0.2, 0) is 4.79 Å². The van der Waals surface area contributed by atoms with Gasteiger partial charge < -0.3 is 10.4 Å². The number of rotatable bonds is 4. The van der Waals surface area contributed by atoms with Gasteiger partial charge in [0.2, 0.25) is 0 Å². The lowest BCUT2D eigenvalue weighted by atomic mass is 10.1. The number of Topliss-reactive ketones (excluding diaryl/α,β-unsaturated/α-hetero) is 1. The van der Waals surface area contributed by atoms with Gasteiger partial charge in [-0.15, -0.1) is 0 Å². The highest BCUT2D eigenvalue weighted by atomic mass is 16.4. The molecule has 2 N–H and O–H groups in total. The SMILES string of the molecule is C=C(C)CC(=O)C(C)NC(=O)O. The number of carboxylic acid groups (broad SMARTS) is 1. The first-order chi connectivity index (χ1) is 5.43. The zero-order valence-electron chi connectivity index (χ0n) is 7.26. The Labute approximate surface area is 71.3 Å². The van der Waals surface area contributed by atoms with E-state index in [9.17, 15) is 9.59 Å². The predicted octanol–water partition coefficient (Wildman–Crippen LogP) is 1.18. The minimum Gasteiger partial charge on any atom is -0.465 e. The van der Waals surface area contributed by atoms with E-state index in [1.165, 1.54) is 6.92 Å². The van der Waals surface area contributed by atoms with E-state index in [4.69, 9.17) is 5.11 Å². The van der Waals surface area contributed by atoms with Gasteiger partial charge in [0.1, 0.15) is 0 Å². The smallest absolute Gasteiger partial charge is 0.405 e. The number of amides is 1. The van der Waals surface area contributed by atoms with Gasteiger partial charge in [-0.05, 0) is 13.8 Å². The lowest BCUT2D eigenvalue weighted by Crippen LogP contribution is -2.37. The molecule has 0 aliphatic carbocycles. The zero-order chi connectivity index (χ0) is 9.72. The van der Waals surface area contributed by atoms with Crippen LogP contribution in [0.3, 0.4) is 0 Å². The van der Waals surface area contributed by atoms with E-state index in [0.717, 1.165) is 5.57 Å². The number of hydrogen-bond donors (Lipinski definition) is 2. The topological polar surface area (TPSA) is 66.4 Å². The number of hydrogen-bond acceptors (Lipinski definition) is 2. The summed E-state index contributed by atoms with van der Waals surface area (Å²) in [5.41, 5.74) is 0.735. The van der Waals surface area contributed by atoms with E-state index in [0.29, 0.717) is 0 Å². The van der Waals surface area contributed by atoms with E-state index in [1.54, 1.807) is 6.92 Å². The van der Waals surface area contributed by atoms with Crippen LogP contribution in [0.1, 0.15) is 20.3 Å². The van der Waals surface area contributed by atoms with Crippen molar-refractivity contribution < 1.29 is 14.7 Å². The molecule has 4 heteroatoms. The third-order valence-corrected chi connectivity index (χ3v) is 1.30. The van der Waals surface area contributed by atoms with Crippen molar-refractivity contribution in [3.05, 3.63) is 12.2 Å². The van der Waals surface area contributed by atoms with Crippen molar-refractivity contribution >= 4 is 11.9 Å². The molecule has 0 radical (unpaired) electrons. The van der Waals surface area contributed by atoms with Gasteiger partial charge in [0, 0.05) is 6.42 Å². The summed E-state index contributed by atoms with van der Waals surface area (Å²) in [5.74, 6) is -0.162. The van der Waals surface area contributed by atoms with Crippen molar-refractivity contribution in [2.45, 2.75) is 26.3 Å². The molecule has 0 fully saturated rings. The molecule has 1 amide bonds. The Hall–Kier alpha value is -1.32. The highest BCUT2D eigenvalue weighted by Crippen LogP contribution is 1.99. The number of allylic oxidation sites excluding steroid dienone is 1. The molecule has 0 saturated heterocycles. The van der Waals surface area contributed by atoms with Gasteiger partial charge in [0.05, 0.1) is 6.04 Å². The summed E-state index contributed by atoms with van der Waals surface area (Å²) in [6, 6.07) is -0.654. The molecule has 0 aliphatic heterocycles. The third kappa shape index (κ3) is 4.49. The Bertz CT molecular complexity index is 210. The zero-order valence-corrected chi connectivity index (χ0v) is 7.26. The van der Waals surface area contributed by atoms with Crippen molar-refractivity contribution in [2.24, 2.45) is 0 Å². The molecule has 1 unspecified atom stereocenters. The first kappa shape index (κ1) is 10.7. The van der Waals surface area contributed by atoms with Gasteiger partial charge in [-0.25, -0.2) is 4.79 Å². The second kappa shape index (κ2) is 4.54. The second-order valence-corrected chi connectivity index (χ2v) is 2.77. The maximum absolute atomic E-state index is 11.1. The molecular formula is C8H13NO3. The van der Waals surface area contributed by atoms with Crippen molar-refractivity contribution in [3.63, 3.8) is 0 Å². The first-order valence-electron chi connectivity index (χ1n) is 3.60. The molecule has 0 saturated carbocycles. The van der Waals surface area contributed by atoms with Gasteiger partial charge in [-0.1, -0.05) is 12.2 Å². The molecule has 0 rings (SSSR count). The van der Waals surface area contributed by atoms with Crippen LogP contribution in [0.5, 0.6) is 0 Å². The minimum absolute atomic E-state index is 0.162. The van der Waals surface area contributed by atoms with Gasteiger partial charge >= 0.3 is 6.09 Å². The quantitative estimate of drug-likeness (QED) is 0.624. The summed E-state index contributed by atoms with van der Waals surface area (Å²) >= 11 is 0. The van der Waals surface area contributed by atoms with Crippen LogP contribution in [-0.4, -0.2) is 23.0 Å². The summed E-state index contributed by atoms with van der Waals surface area (Å²) in [7, 11) is 0. The molecule has 0 aromatic carbocycles. The Balaban J connectivity index is 3.93. The van der Waals surface area contributed by atoms with Crippen LogP contribution >= 0.6 is 0 Å². The van der Waals surface area contributed by atoms with Crippen LogP contribution in [0.25, 0.3) is 0 Å². The van der Waals surface area contributed by atoms with Crippen LogP contribution < -0.4 is 5.32 Å². The Morgan fingerprint density at radius 1 is 1.58 bits per heavy atom. The summed E-state index contributed by atoms with van der Waals surface area (Å²) < 4.78 is 0. The number of nitrogens with one attached hydrogen (secondary N) is 1. The van der Waals surface area contributed by atoms with Crippen LogP contribution in [0.4, 0.5) is 4.79 Å². The van der Waals surface area contributed by atoms with Gasteiger partial charge in [0.15, 0.2) is 5.78 Å². The van der Waals surface area contributed by atoms with Gasteiger partial charge in [-0.2, -0.15) is 0 Å². The maximum atomic E-state index is 11.1. The van der Waals surface area contributed by atoms with Crippen LogP contribution in [0, 0.1) is 0 Å². The molecule has 0 aromatic rings. The van der Waals surface area contributed by atoms with E-state index in [-0.39, 0.29) is 12.2 Å². The molecule has 0 spiro atoms. The summed E-state index contributed by atoms with van der Waals surface area (Å²) in [6.45, 7) is 6.80. The Morgan fingerprint density at radius 3 is 2.42 bits per heavy atom. The fourth-order valence-corrected chi connectivity index (χ4v) is 0.716. The molecule has 1 atom stereocenters. The van der Waals surface area contributed by atoms with Crippen molar-refractivity contribution in [2.75, 3.05) is 0 Å². The van der Waals surface area contributed by atoms with Crippen LogP contribution in [0.2, 0.25) is 0 Å². The predicted molar refractivity (Wildman–Crippen MR) is 45.1 cm³/mol. The standard InChI is InChI=1S/C8H13NO3/c1-5(2)4-7(10)6(3)9-8(11)12/h6,9H,1,4H2,2-3H3,(H,11,12). The largest absolute Gasteiger partial charge is 0.465 e. The molecule has 0 heterocycles. The number of carbonyl (C=O) groups is 2. The van der Waals surface area contributed by atoms with E-state index >= 15 is 0 Å². The third-order valence-electron chi connectivity index (χ3n) is 1.30.